The van der Waals surface area contributed by atoms with Gasteiger partial charge in [0.05, 0.1) is 5.25 Å². The second-order valence-electron chi connectivity index (χ2n) is 5.53. The van der Waals surface area contributed by atoms with Gasteiger partial charge in [-0.05, 0) is 31.9 Å². The number of carbonyl (C=O) groups is 1. The van der Waals surface area contributed by atoms with E-state index in [1.54, 1.807) is 6.92 Å². The molecule has 0 heterocycles. The van der Waals surface area contributed by atoms with Crippen LogP contribution in [0.5, 0.6) is 0 Å². The minimum atomic E-state index is -0.617. The van der Waals surface area contributed by atoms with Crippen LogP contribution in [-0.2, 0) is 4.79 Å². The summed E-state index contributed by atoms with van der Waals surface area (Å²) in [5.74, 6) is -1.29. The Kier molecular flexibility index (Phi) is 6.03. The maximum absolute atomic E-state index is 13.6. The van der Waals surface area contributed by atoms with Crippen molar-refractivity contribution in [2.45, 2.75) is 61.6 Å². The van der Waals surface area contributed by atoms with Crippen molar-refractivity contribution in [3.05, 3.63) is 29.8 Å². The van der Waals surface area contributed by atoms with Gasteiger partial charge in [0.15, 0.2) is 0 Å². The lowest BCUT2D eigenvalue weighted by Crippen LogP contribution is -2.39. The van der Waals surface area contributed by atoms with Crippen LogP contribution in [-0.4, -0.2) is 17.2 Å². The van der Waals surface area contributed by atoms with Crippen molar-refractivity contribution < 1.29 is 13.6 Å². The molecule has 0 saturated heterocycles. The third kappa shape index (κ3) is 4.99. The first-order valence-corrected chi connectivity index (χ1v) is 8.36. The Morgan fingerprint density at radius 2 is 1.90 bits per heavy atom. The average molecular weight is 313 g/mol. The van der Waals surface area contributed by atoms with Gasteiger partial charge in [-0.25, -0.2) is 8.78 Å². The van der Waals surface area contributed by atoms with Crippen molar-refractivity contribution in [1.29, 1.82) is 0 Å². The van der Waals surface area contributed by atoms with Gasteiger partial charge in [-0.1, -0.05) is 25.7 Å². The van der Waals surface area contributed by atoms with Crippen LogP contribution in [0.4, 0.5) is 8.78 Å². The Morgan fingerprint density at radius 1 is 1.24 bits per heavy atom. The Labute approximate surface area is 128 Å². The van der Waals surface area contributed by atoms with E-state index >= 15 is 0 Å². The van der Waals surface area contributed by atoms with Crippen LogP contribution < -0.4 is 5.32 Å². The molecule has 116 valence electrons. The molecule has 0 spiro atoms. The summed E-state index contributed by atoms with van der Waals surface area (Å²) in [6, 6.07) is 3.67. The smallest absolute Gasteiger partial charge is 0.233 e. The van der Waals surface area contributed by atoms with Gasteiger partial charge in [-0.15, -0.1) is 11.8 Å². The number of carbonyl (C=O) groups excluding carboxylic acids is 1. The summed E-state index contributed by atoms with van der Waals surface area (Å²) in [7, 11) is 0. The second kappa shape index (κ2) is 7.78. The lowest BCUT2D eigenvalue weighted by atomic mass is 10.1. The molecule has 0 radical (unpaired) electrons. The summed E-state index contributed by atoms with van der Waals surface area (Å²) in [6.45, 7) is 1.75. The minimum absolute atomic E-state index is 0.0735. The molecule has 1 fully saturated rings. The van der Waals surface area contributed by atoms with E-state index in [4.69, 9.17) is 0 Å². The SMILES string of the molecule is C[C@H](Sc1ccc(F)cc1F)C(=O)NC1CCCCCC1. The molecule has 1 aromatic rings. The number of hydrogen-bond donors (Lipinski definition) is 1. The van der Waals surface area contributed by atoms with Crippen LogP contribution in [0.1, 0.15) is 45.4 Å². The molecule has 1 N–H and O–H groups in total. The standard InChI is InChI=1S/C16H21F2NOS/c1-11(21-15-9-8-12(17)10-14(15)18)16(20)19-13-6-4-2-3-5-7-13/h8-11,13H,2-7H2,1H3,(H,19,20)/t11-/m0/s1. The zero-order valence-electron chi connectivity index (χ0n) is 12.2. The fourth-order valence-corrected chi connectivity index (χ4v) is 3.43. The quantitative estimate of drug-likeness (QED) is 0.664. The molecule has 1 atom stereocenters. The summed E-state index contributed by atoms with van der Waals surface area (Å²) in [6.07, 6.45) is 6.81. The molecule has 1 aliphatic carbocycles. The fraction of sp³-hybridized carbons (Fsp3) is 0.562. The highest BCUT2D eigenvalue weighted by Gasteiger charge is 2.20. The average Bonchev–Trinajstić information content (AvgIpc) is 2.70. The predicted octanol–water partition coefficient (Wildman–Crippen LogP) is 4.28. The van der Waals surface area contributed by atoms with E-state index < -0.39 is 16.9 Å². The lowest BCUT2D eigenvalue weighted by molar-refractivity contribution is -0.121. The first kappa shape index (κ1) is 16.3. The molecule has 5 heteroatoms. The second-order valence-corrected chi connectivity index (χ2v) is 6.91. The molecular weight excluding hydrogens is 292 g/mol. The number of benzene rings is 1. The largest absolute Gasteiger partial charge is 0.352 e. The molecule has 1 aliphatic rings. The molecule has 1 saturated carbocycles. The zero-order valence-corrected chi connectivity index (χ0v) is 13.0. The van der Waals surface area contributed by atoms with E-state index in [9.17, 15) is 13.6 Å². The normalized spacial score (nSPS) is 18.0. The highest BCUT2D eigenvalue weighted by atomic mass is 32.2. The highest BCUT2D eigenvalue weighted by molar-refractivity contribution is 8.00. The molecule has 1 amide bonds. The Balaban J connectivity index is 1.89. The first-order valence-electron chi connectivity index (χ1n) is 7.48. The van der Waals surface area contributed by atoms with Crippen LogP contribution in [0.3, 0.4) is 0 Å². The third-order valence-electron chi connectivity index (χ3n) is 3.77. The molecule has 1 aromatic carbocycles. The molecule has 2 nitrogen and oxygen atoms in total. The maximum atomic E-state index is 13.6. The van der Waals surface area contributed by atoms with Crippen molar-refractivity contribution in [2.24, 2.45) is 0 Å². The van der Waals surface area contributed by atoms with E-state index in [0.29, 0.717) is 4.90 Å². The highest BCUT2D eigenvalue weighted by Crippen LogP contribution is 2.27. The minimum Gasteiger partial charge on any atom is -0.352 e. The summed E-state index contributed by atoms with van der Waals surface area (Å²) in [5.41, 5.74) is 0. The zero-order chi connectivity index (χ0) is 15.2. The molecule has 0 aliphatic heterocycles. The van der Waals surface area contributed by atoms with E-state index in [2.05, 4.69) is 5.32 Å². The Hall–Kier alpha value is -1.10. The summed E-state index contributed by atoms with van der Waals surface area (Å²) >= 11 is 1.13. The molecule has 0 aromatic heterocycles. The van der Waals surface area contributed by atoms with Gasteiger partial charge in [0, 0.05) is 17.0 Å². The van der Waals surface area contributed by atoms with Crippen LogP contribution >= 0.6 is 11.8 Å². The lowest BCUT2D eigenvalue weighted by Gasteiger charge is -2.19. The van der Waals surface area contributed by atoms with E-state index in [1.165, 1.54) is 25.0 Å². The van der Waals surface area contributed by atoms with Gasteiger partial charge in [0.1, 0.15) is 11.6 Å². The van der Waals surface area contributed by atoms with Gasteiger partial charge in [0.25, 0.3) is 0 Å². The molecular formula is C16H21F2NOS. The van der Waals surface area contributed by atoms with Crippen LogP contribution in [0.15, 0.2) is 23.1 Å². The predicted molar refractivity (Wildman–Crippen MR) is 81.3 cm³/mol. The molecule has 0 bridgehead atoms. The number of nitrogens with one attached hydrogen (secondary N) is 1. The molecule has 21 heavy (non-hydrogen) atoms. The Bertz CT molecular complexity index is 487. The number of amides is 1. The topological polar surface area (TPSA) is 29.1 Å². The van der Waals surface area contributed by atoms with Crippen molar-refractivity contribution in [3.8, 4) is 0 Å². The summed E-state index contributed by atoms with van der Waals surface area (Å²) in [4.78, 5) is 12.5. The van der Waals surface area contributed by atoms with Gasteiger partial charge < -0.3 is 5.32 Å². The molecule has 0 unspecified atom stereocenters. The summed E-state index contributed by atoms with van der Waals surface area (Å²) in [5, 5.41) is 2.66. The van der Waals surface area contributed by atoms with Crippen LogP contribution in [0.2, 0.25) is 0 Å². The van der Waals surface area contributed by atoms with Crippen LogP contribution in [0, 0.1) is 11.6 Å². The number of hydrogen-bond acceptors (Lipinski definition) is 2. The monoisotopic (exact) mass is 313 g/mol. The van der Waals surface area contributed by atoms with Gasteiger partial charge in [-0.3, -0.25) is 4.79 Å². The van der Waals surface area contributed by atoms with Crippen molar-refractivity contribution in [3.63, 3.8) is 0 Å². The number of halogens is 2. The molecule has 2 rings (SSSR count). The number of rotatable bonds is 4. The van der Waals surface area contributed by atoms with Crippen LogP contribution in [0.25, 0.3) is 0 Å². The first-order chi connectivity index (χ1) is 10.1. The fourth-order valence-electron chi connectivity index (χ4n) is 2.56. The van der Waals surface area contributed by atoms with E-state index in [1.807, 2.05) is 0 Å². The maximum Gasteiger partial charge on any atom is 0.233 e. The van der Waals surface area contributed by atoms with Gasteiger partial charge in [0.2, 0.25) is 5.91 Å². The van der Waals surface area contributed by atoms with Gasteiger partial charge in [-0.2, -0.15) is 0 Å². The van der Waals surface area contributed by atoms with Crippen molar-refractivity contribution in [1.82, 2.24) is 5.32 Å². The summed E-state index contributed by atoms with van der Waals surface area (Å²) < 4.78 is 26.5. The third-order valence-corrected chi connectivity index (χ3v) is 4.92. The number of thioether (sulfide) groups is 1. The van der Waals surface area contributed by atoms with E-state index in [0.717, 1.165) is 43.5 Å². The van der Waals surface area contributed by atoms with Crippen molar-refractivity contribution >= 4 is 17.7 Å². The Morgan fingerprint density at radius 3 is 2.52 bits per heavy atom. The van der Waals surface area contributed by atoms with Crippen molar-refractivity contribution in [2.75, 3.05) is 0 Å². The van der Waals surface area contributed by atoms with E-state index in [-0.39, 0.29) is 11.9 Å². The van der Waals surface area contributed by atoms with Gasteiger partial charge >= 0.3 is 0 Å².